The molecule has 0 radical (unpaired) electrons. The Morgan fingerprint density at radius 2 is 2.57 bits per heavy atom. The standard InChI is InChI=1S/C4H7NO2/c6-4-1-2-5(7)3-4/h2,4,6H,1,3H2/t4-/m0/s1. The van der Waals surface area contributed by atoms with Crippen LogP contribution in [-0.2, 0) is 0 Å². The van der Waals surface area contributed by atoms with Gasteiger partial charge in [0.25, 0.3) is 0 Å². The molecule has 0 aromatic heterocycles. The van der Waals surface area contributed by atoms with Crippen LogP contribution in [0, 0.1) is 5.21 Å². The molecule has 1 aliphatic rings. The van der Waals surface area contributed by atoms with Crippen LogP contribution in [0.1, 0.15) is 6.42 Å². The van der Waals surface area contributed by atoms with Gasteiger partial charge in [-0.05, 0) is 0 Å². The third-order valence-electron chi connectivity index (χ3n) is 0.972. The molecule has 1 atom stereocenters. The van der Waals surface area contributed by atoms with Crippen molar-refractivity contribution < 1.29 is 9.85 Å². The van der Waals surface area contributed by atoms with Gasteiger partial charge in [0.15, 0.2) is 12.8 Å². The second-order valence-corrected chi connectivity index (χ2v) is 1.67. The molecule has 1 aliphatic heterocycles. The highest BCUT2D eigenvalue weighted by Gasteiger charge is 2.14. The third-order valence-corrected chi connectivity index (χ3v) is 0.972. The Morgan fingerprint density at radius 1 is 1.86 bits per heavy atom. The first-order valence-corrected chi connectivity index (χ1v) is 2.24. The highest BCUT2D eigenvalue weighted by Crippen LogP contribution is 1.95. The van der Waals surface area contributed by atoms with Crippen molar-refractivity contribution in [3.8, 4) is 0 Å². The molecule has 1 N–H and O–H groups in total. The van der Waals surface area contributed by atoms with Crippen LogP contribution in [0.5, 0.6) is 0 Å². The van der Waals surface area contributed by atoms with Gasteiger partial charge < -0.3 is 10.3 Å². The van der Waals surface area contributed by atoms with Gasteiger partial charge in [0.2, 0.25) is 0 Å². The molecule has 0 unspecified atom stereocenters. The van der Waals surface area contributed by atoms with Crippen molar-refractivity contribution in [1.82, 2.24) is 0 Å². The van der Waals surface area contributed by atoms with Gasteiger partial charge >= 0.3 is 0 Å². The van der Waals surface area contributed by atoms with Crippen molar-refractivity contribution >= 4 is 6.21 Å². The van der Waals surface area contributed by atoms with Crippen molar-refractivity contribution in [3.63, 3.8) is 0 Å². The number of aliphatic hydroxyl groups is 1. The summed E-state index contributed by atoms with van der Waals surface area (Å²) in [5, 5.41) is 18.8. The van der Waals surface area contributed by atoms with E-state index in [-0.39, 0.29) is 6.54 Å². The number of aliphatic hydroxyl groups excluding tert-OH is 1. The average Bonchev–Trinajstić information content (AvgIpc) is 1.87. The molecule has 0 spiro atoms. The van der Waals surface area contributed by atoms with E-state index in [2.05, 4.69) is 0 Å². The normalized spacial score (nSPS) is 30.4. The number of hydroxylamine groups is 1. The second kappa shape index (κ2) is 1.50. The molecule has 0 aliphatic carbocycles. The Kier molecular flexibility index (Phi) is 0.982. The summed E-state index contributed by atoms with van der Waals surface area (Å²) < 4.78 is 0.755. The smallest absolute Gasteiger partial charge is 0.179 e. The van der Waals surface area contributed by atoms with Crippen LogP contribution >= 0.6 is 0 Å². The number of rotatable bonds is 0. The van der Waals surface area contributed by atoms with Gasteiger partial charge in [-0.2, -0.15) is 0 Å². The fraction of sp³-hybridized carbons (Fsp3) is 0.750. The highest BCUT2D eigenvalue weighted by molar-refractivity contribution is 5.53. The van der Waals surface area contributed by atoms with Crippen LogP contribution in [0.25, 0.3) is 0 Å². The maximum atomic E-state index is 10.2. The van der Waals surface area contributed by atoms with E-state index in [0.717, 1.165) is 4.74 Å². The van der Waals surface area contributed by atoms with E-state index >= 15 is 0 Å². The maximum Gasteiger partial charge on any atom is 0.179 e. The summed E-state index contributed by atoms with van der Waals surface area (Å²) in [6.45, 7) is 0.250. The number of β-amino-alcohol motifs (C(OH)–C–C–N with tert-alkyl or cyclic N) is 1. The number of nitrogens with zero attached hydrogens (tertiary/aromatic N) is 1. The Morgan fingerprint density at radius 3 is 2.71 bits per heavy atom. The molecule has 0 saturated carbocycles. The molecule has 7 heavy (non-hydrogen) atoms. The van der Waals surface area contributed by atoms with Crippen molar-refractivity contribution in [2.24, 2.45) is 0 Å². The van der Waals surface area contributed by atoms with Crippen molar-refractivity contribution in [2.45, 2.75) is 12.5 Å². The number of hydrogen-bond acceptors (Lipinski definition) is 2. The monoisotopic (exact) mass is 101 g/mol. The zero-order valence-electron chi connectivity index (χ0n) is 3.87. The Labute approximate surface area is 41.5 Å². The summed E-state index contributed by atoms with van der Waals surface area (Å²) in [4.78, 5) is 0. The van der Waals surface area contributed by atoms with Gasteiger partial charge in [0, 0.05) is 0 Å². The third kappa shape index (κ3) is 0.899. The summed E-state index contributed by atoms with van der Waals surface area (Å²) in [5.41, 5.74) is 0. The van der Waals surface area contributed by atoms with Crippen LogP contribution in [0.4, 0.5) is 0 Å². The van der Waals surface area contributed by atoms with Crippen LogP contribution < -0.4 is 0 Å². The van der Waals surface area contributed by atoms with Gasteiger partial charge in [-0.25, -0.2) is 4.74 Å². The SMILES string of the molecule is [O-][N+]1=CC[C@H](O)C1. The molecule has 0 aromatic rings. The van der Waals surface area contributed by atoms with Crippen molar-refractivity contribution in [1.29, 1.82) is 0 Å². The topological polar surface area (TPSA) is 46.3 Å². The van der Waals surface area contributed by atoms with Crippen LogP contribution in [0.2, 0.25) is 0 Å². The summed E-state index contributed by atoms with van der Waals surface area (Å²) in [6, 6.07) is 0. The lowest BCUT2D eigenvalue weighted by Gasteiger charge is -1.95. The molecule has 3 nitrogen and oxygen atoms in total. The molecule has 0 fully saturated rings. The summed E-state index contributed by atoms with van der Waals surface area (Å²) >= 11 is 0. The van der Waals surface area contributed by atoms with Crippen molar-refractivity contribution in [2.75, 3.05) is 6.54 Å². The molecule has 0 saturated heterocycles. The maximum absolute atomic E-state index is 10.2. The van der Waals surface area contributed by atoms with E-state index in [1.165, 1.54) is 6.21 Å². The van der Waals surface area contributed by atoms with Gasteiger partial charge in [0.05, 0.1) is 6.42 Å². The van der Waals surface area contributed by atoms with E-state index in [1.807, 2.05) is 0 Å². The number of hydrogen-bond donors (Lipinski definition) is 1. The summed E-state index contributed by atoms with van der Waals surface area (Å²) in [6.07, 6.45) is 1.55. The highest BCUT2D eigenvalue weighted by atomic mass is 16.5. The molecule has 1 rings (SSSR count). The molecule has 1 heterocycles. The van der Waals surface area contributed by atoms with E-state index in [9.17, 15) is 5.21 Å². The Bertz CT molecular complexity index is 99.9. The van der Waals surface area contributed by atoms with E-state index in [4.69, 9.17) is 5.11 Å². The van der Waals surface area contributed by atoms with E-state index in [1.54, 1.807) is 0 Å². The minimum Gasteiger partial charge on any atom is -0.624 e. The predicted octanol–water partition coefficient (Wildman–Crippen LogP) is -0.668. The lowest BCUT2D eigenvalue weighted by atomic mass is 10.3. The molecular weight excluding hydrogens is 94.0 g/mol. The Hall–Kier alpha value is -0.570. The first kappa shape index (κ1) is 4.59. The fourth-order valence-electron chi connectivity index (χ4n) is 0.596. The first-order valence-electron chi connectivity index (χ1n) is 2.24. The minimum atomic E-state index is -0.419. The van der Waals surface area contributed by atoms with Gasteiger partial charge in [-0.3, -0.25) is 0 Å². The molecule has 0 amide bonds. The molecule has 0 bridgehead atoms. The molecule has 40 valence electrons. The predicted molar refractivity (Wildman–Crippen MR) is 25.2 cm³/mol. The Balaban J connectivity index is 2.42. The zero-order chi connectivity index (χ0) is 5.28. The van der Waals surface area contributed by atoms with Crippen molar-refractivity contribution in [3.05, 3.63) is 5.21 Å². The van der Waals surface area contributed by atoms with E-state index in [0.29, 0.717) is 6.42 Å². The van der Waals surface area contributed by atoms with Crippen LogP contribution in [0.15, 0.2) is 0 Å². The van der Waals surface area contributed by atoms with Crippen LogP contribution in [-0.4, -0.2) is 28.7 Å². The minimum absolute atomic E-state index is 0.250. The van der Waals surface area contributed by atoms with Crippen LogP contribution in [0.3, 0.4) is 0 Å². The first-order chi connectivity index (χ1) is 3.29. The fourth-order valence-corrected chi connectivity index (χ4v) is 0.596. The quantitative estimate of drug-likeness (QED) is 0.325. The largest absolute Gasteiger partial charge is 0.624 e. The lowest BCUT2D eigenvalue weighted by Crippen LogP contribution is -2.10. The molecule has 3 heteroatoms. The van der Waals surface area contributed by atoms with Gasteiger partial charge in [0.1, 0.15) is 6.10 Å². The zero-order valence-corrected chi connectivity index (χ0v) is 3.87. The van der Waals surface area contributed by atoms with E-state index < -0.39 is 6.10 Å². The second-order valence-electron chi connectivity index (χ2n) is 1.67. The molecular formula is C4H7NO2. The molecule has 0 aromatic carbocycles. The average molecular weight is 101 g/mol. The van der Waals surface area contributed by atoms with Gasteiger partial charge in [-0.15, -0.1) is 0 Å². The summed E-state index contributed by atoms with van der Waals surface area (Å²) in [5.74, 6) is 0. The van der Waals surface area contributed by atoms with Gasteiger partial charge in [-0.1, -0.05) is 0 Å². The lowest BCUT2D eigenvalue weighted by molar-refractivity contribution is -0.452. The summed E-state index contributed by atoms with van der Waals surface area (Å²) in [7, 11) is 0.